The van der Waals surface area contributed by atoms with E-state index in [-0.39, 0.29) is 30.3 Å². The number of nitrogens with one attached hydrogen (secondary N) is 3. The first-order valence-corrected chi connectivity index (χ1v) is 11.2. The van der Waals surface area contributed by atoms with Crippen molar-refractivity contribution in [3.8, 4) is 0 Å². The van der Waals surface area contributed by atoms with Gasteiger partial charge in [0.2, 0.25) is 5.91 Å². The maximum absolute atomic E-state index is 12.4. The number of likely N-dealkylation sites (tertiary alicyclic amines) is 1. The van der Waals surface area contributed by atoms with Crippen LogP contribution in [-0.2, 0) is 4.79 Å². The number of aryl methyl sites for hydroxylation is 1. The molecule has 1 aromatic rings. The minimum Gasteiger partial charge on any atom is -0.353 e. The number of nitrogens with zero attached hydrogens (tertiary/aromatic N) is 1. The Morgan fingerprint density at radius 3 is 2.30 bits per heavy atom. The molecule has 0 unspecified atom stereocenters. The number of carbonyl (C=O) groups excluding carboxylic acids is 3. The van der Waals surface area contributed by atoms with Crippen LogP contribution in [0.1, 0.15) is 67.3 Å². The van der Waals surface area contributed by atoms with Crippen molar-refractivity contribution in [2.24, 2.45) is 0 Å². The molecule has 4 amide bonds. The summed E-state index contributed by atoms with van der Waals surface area (Å²) in [5, 5.41) is 9.00. The van der Waals surface area contributed by atoms with Crippen molar-refractivity contribution in [3.63, 3.8) is 0 Å². The van der Waals surface area contributed by atoms with Crippen LogP contribution < -0.4 is 16.0 Å². The number of carbonyl (C=O) groups is 3. The lowest BCUT2D eigenvalue weighted by Gasteiger charge is -2.34. The summed E-state index contributed by atoms with van der Waals surface area (Å²) >= 11 is 0. The van der Waals surface area contributed by atoms with Gasteiger partial charge in [0.15, 0.2) is 0 Å². The minimum absolute atomic E-state index is 0.0330. The molecule has 7 heteroatoms. The largest absolute Gasteiger partial charge is 0.353 e. The third kappa shape index (κ3) is 6.47. The molecule has 0 aromatic heterocycles. The zero-order chi connectivity index (χ0) is 21.3. The molecule has 3 N–H and O–H groups in total. The van der Waals surface area contributed by atoms with E-state index in [0.29, 0.717) is 31.2 Å². The van der Waals surface area contributed by atoms with Crippen molar-refractivity contribution in [1.82, 2.24) is 20.9 Å². The quantitative estimate of drug-likeness (QED) is 0.668. The Morgan fingerprint density at radius 1 is 0.933 bits per heavy atom. The van der Waals surface area contributed by atoms with Crippen molar-refractivity contribution in [2.75, 3.05) is 19.6 Å². The van der Waals surface area contributed by atoms with Gasteiger partial charge in [-0.2, -0.15) is 0 Å². The smallest absolute Gasteiger partial charge is 0.317 e. The fourth-order valence-electron chi connectivity index (χ4n) is 4.25. The highest BCUT2D eigenvalue weighted by Gasteiger charge is 2.25. The van der Waals surface area contributed by atoms with Gasteiger partial charge in [0.25, 0.3) is 5.91 Å². The summed E-state index contributed by atoms with van der Waals surface area (Å²) in [6, 6.07) is 7.83. The number of urea groups is 1. The van der Waals surface area contributed by atoms with Gasteiger partial charge in [0.05, 0.1) is 0 Å². The summed E-state index contributed by atoms with van der Waals surface area (Å²) in [6.45, 7) is 3.52. The molecule has 1 aromatic carbocycles. The van der Waals surface area contributed by atoms with Crippen LogP contribution in [-0.4, -0.2) is 54.5 Å². The van der Waals surface area contributed by atoms with Gasteiger partial charge in [-0.25, -0.2) is 4.79 Å². The molecule has 1 heterocycles. The Balaban J connectivity index is 1.31. The Morgan fingerprint density at radius 2 is 1.60 bits per heavy atom. The number of piperidine rings is 1. The molecule has 3 rings (SSSR count). The summed E-state index contributed by atoms with van der Waals surface area (Å²) in [5.41, 5.74) is 1.55. The van der Waals surface area contributed by atoms with E-state index in [9.17, 15) is 14.4 Å². The SMILES string of the molecule is Cc1ccccc1C(=O)NCCC(=O)NC1CCN(C(=O)NC2CCCCC2)CC1. The molecular weight excluding hydrogens is 380 g/mol. The van der Waals surface area contributed by atoms with Gasteiger partial charge in [0, 0.05) is 43.7 Å². The second kappa shape index (κ2) is 11.0. The molecule has 0 spiro atoms. The first-order chi connectivity index (χ1) is 14.5. The van der Waals surface area contributed by atoms with Gasteiger partial charge in [-0.05, 0) is 44.2 Å². The van der Waals surface area contributed by atoms with Crippen LogP contribution in [0.25, 0.3) is 0 Å². The number of hydrogen-bond acceptors (Lipinski definition) is 3. The van der Waals surface area contributed by atoms with E-state index in [2.05, 4.69) is 16.0 Å². The van der Waals surface area contributed by atoms with Gasteiger partial charge < -0.3 is 20.9 Å². The summed E-state index contributed by atoms with van der Waals surface area (Å²) in [6.07, 6.45) is 7.61. The third-order valence-electron chi connectivity index (χ3n) is 6.11. The highest BCUT2D eigenvalue weighted by atomic mass is 16.2. The average molecular weight is 415 g/mol. The lowest BCUT2D eigenvalue weighted by atomic mass is 9.95. The molecule has 2 fully saturated rings. The normalized spacial score (nSPS) is 18.0. The molecule has 1 saturated heterocycles. The molecule has 2 aliphatic rings. The van der Waals surface area contributed by atoms with Crippen LogP contribution in [0.4, 0.5) is 4.79 Å². The van der Waals surface area contributed by atoms with Crippen LogP contribution in [0.5, 0.6) is 0 Å². The molecular formula is C23H34N4O3. The second-order valence-corrected chi connectivity index (χ2v) is 8.43. The van der Waals surface area contributed by atoms with Crippen molar-refractivity contribution in [3.05, 3.63) is 35.4 Å². The summed E-state index contributed by atoms with van der Waals surface area (Å²) in [4.78, 5) is 38.7. The predicted octanol–water partition coefficient (Wildman–Crippen LogP) is 2.74. The van der Waals surface area contributed by atoms with Crippen LogP contribution in [0, 0.1) is 6.92 Å². The molecule has 30 heavy (non-hydrogen) atoms. The average Bonchev–Trinajstić information content (AvgIpc) is 2.75. The zero-order valence-corrected chi connectivity index (χ0v) is 17.9. The van der Waals surface area contributed by atoms with Gasteiger partial charge in [-0.15, -0.1) is 0 Å². The van der Waals surface area contributed by atoms with Crippen molar-refractivity contribution < 1.29 is 14.4 Å². The Kier molecular flexibility index (Phi) is 8.11. The van der Waals surface area contributed by atoms with E-state index in [0.717, 1.165) is 31.2 Å². The van der Waals surface area contributed by atoms with Crippen LogP contribution >= 0.6 is 0 Å². The Labute approximate surface area is 179 Å². The van der Waals surface area contributed by atoms with E-state index in [1.807, 2.05) is 30.0 Å². The molecule has 1 aliphatic carbocycles. The van der Waals surface area contributed by atoms with Crippen molar-refractivity contribution >= 4 is 17.8 Å². The maximum Gasteiger partial charge on any atom is 0.317 e. The molecule has 0 atom stereocenters. The van der Waals surface area contributed by atoms with Gasteiger partial charge >= 0.3 is 6.03 Å². The third-order valence-corrected chi connectivity index (χ3v) is 6.11. The van der Waals surface area contributed by atoms with E-state index < -0.39 is 0 Å². The van der Waals surface area contributed by atoms with Crippen LogP contribution in [0.15, 0.2) is 24.3 Å². The monoisotopic (exact) mass is 414 g/mol. The number of rotatable bonds is 6. The second-order valence-electron chi connectivity index (χ2n) is 8.43. The molecule has 7 nitrogen and oxygen atoms in total. The Bertz CT molecular complexity index is 738. The molecule has 1 aliphatic heterocycles. The van der Waals surface area contributed by atoms with E-state index in [4.69, 9.17) is 0 Å². The van der Waals surface area contributed by atoms with E-state index in [1.165, 1.54) is 19.3 Å². The summed E-state index contributed by atoms with van der Waals surface area (Å²) in [5.74, 6) is -0.219. The van der Waals surface area contributed by atoms with Gasteiger partial charge in [-0.3, -0.25) is 9.59 Å². The van der Waals surface area contributed by atoms with Crippen molar-refractivity contribution in [1.29, 1.82) is 0 Å². The standard InChI is InChI=1S/C23H34N4O3/c1-17-7-5-6-10-20(17)22(29)24-14-11-21(28)25-19-12-15-27(16-13-19)23(30)26-18-8-3-2-4-9-18/h5-7,10,18-19H,2-4,8-9,11-16H2,1H3,(H,24,29)(H,25,28)(H,26,30). The molecule has 0 radical (unpaired) electrons. The van der Waals surface area contributed by atoms with Gasteiger partial charge in [-0.1, -0.05) is 37.5 Å². The van der Waals surface area contributed by atoms with Crippen molar-refractivity contribution in [2.45, 2.75) is 70.4 Å². The lowest BCUT2D eigenvalue weighted by molar-refractivity contribution is -0.121. The van der Waals surface area contributed by atoms with E-state index >= 15 is 0 Å². The van der Waals surface area contributed by atoms with Gasteiger partial charge in [0.1, 0.15) is 0 Å². The molecule has 164 valence electrons. The minimum atomic E-state index is -0.154. The highest BCUT2D eigenvalue weighted by molar-refractivity contribution is 5.95. The predicted molar refractivity (Wildman–Crippen MR) is 116 cm³/mol. The fraction of sp³-hybridized carbons (Fsp3) is 0.609. The maximum atomic E-state index is 12.4. The number of amides is 4. The van der Waals surface area contributed by atoms with E-state index in [1.54, 1.807) is 6.07 Å². The first kappa shape index (κ1) is 22.1. The zero-order valence-electron chi connectivity index (χ0n) is 17.9. The number of benzene rings is 1. The van der Waals surface area contributed by atoms with Crippen LogP contribution in [0.2, 0.25) is 0 Å². The number of hydrogen-bond donors (Lipinski definition) is 3. The highest BCUT2D eigenvalue weighted by Crippen LogP contribution is 2.18. The first-order valence-electron chi connectivity index (χ1n) is 11.2. The topological polar surface area (TPSA) is 90.5 Å². The summed E-state index contributed by atoms with van der Waals surface area (Å²) in [7, 11) is 0. The molecule has 1 saturated carbocycles. The fourth-order valence-corrected chi connectivity index (χ4v) is 4.25. The summed E-state index contributed by atoms with van der Waals surface area (Å²) < 4.78 is 0. The Hall–Kier alpha value is -2.57. The lowest BCUT2D eigenvalue weighted by Crippen LogP contribution is -2.51. The van der Waals surface area contributed by atoms with Crippen LogP contribution in [0.3, 0.4) is 0 Å². The molecule has 0 bridgehead atoms.